The molecular formula is C26H18O4. The van der Waals surface area contributed by atoms with Crippen LogP contribution in [0.25, 0.3) is 0 Å². The number of benzene rings is 4. The molecule has 0 saturated heterocycles. The Kier molecular flexibility index (Phi) is 4.66. The van der Waals surface area contributed by atoms with E-state index in [9.17, 15) is 4.79 Å². The van der Waals surface area contributed by atoms with Crippen molar-refractivity contribution in [3.8, 4) is 23.0 Å². The summed E-state index contributed by atoms with van der Waals surface area (Å²) in [5.74, 6) is 2.66. The number of carbonyl (C=O) groups is 1. The molecule has 1 aliphatic rings. The zero-order valence-corrected chi connectivity index (χ0v) is 16.0. The Balaban J connectivity index is 1.27. The molecule has 1 heterocycles. The Bertz CT molecular complexity index is 1170. The number of rotatable bonds is 5. The molecule has 0 saturated carbocycles. The standard InChI is InChI=1S/C26H18O4/c27-26-24-9-5-4-8-23(24)25(30-26)18-10-12-20(13-11-18)29-22-16-14-21(15-17-22)28-19-6-2-1-3-7-19/h1-17,25H. The molecule has 146 valence electrons. The van der Waals surface area contributed by atoms with E-state index in [1.54, 1.807) is 6.07 Å². The zero-order chi connectivity index (χ0) is 20.3. The summed E-state index contributed by atoms with van der Waals surface area (Å²) in [5.41, 5.74) is 2.43. The topological polar surface area (TPSA) is 44.8 Å². The average Bonchev–Trinajstić information content (AvgIpc) is 3.13. The van der Waals surface area contributed by atoms with Crippen LogP contribution in [0.5, 0.6) is 23.0 Å². The lowest BCUT2D eigenvalue weighted by molar-refractivity contribution is 0.0456. The van der Waals surface area contributed by atoms with Crippen LogP contribution in [0, 0.1) is 0 Å². The van der Waals surface area contributed by atoms with E-state index in [1.807, 2.05) is 97.1 Å². The molecule has 4 aromatic carbocycles. The summed E-state index contributed by atoms with van der Waals surface area (Å²) in [4.78, 5) is 12.0. The Morgan fingerprint density at radius 2 is 1.07 bits per heavy atom. The number of hydrogen-bond donors (Lipinski definition) is 0. The maximum atomic E-state index is 12.0. The number of esters is 1. The molecule has 0 aromatic heterocycles. The fourth-order valence-corrected chi connectivity index (χ4v) is 3.44. The lowest BCUT2D eigenvalue weighted by atomic mass is 9.99. The van der Waals surface area contributed by atoms with Crippen molar-refractivity contribution in [2.24, 2.45) is 0 Å². The largest absolute Gasteiger partial charge is 0.457 e. The van der Waals surface area contributed by atoms with Crippen LogP contribution < -0.4 is 9.47 Å². The minimum atomic E-state index is -0.378. The Morgan fingerprint density at radius 3 is 1.70 bits per heavy atom. The van der Waals surface area contributed by atoms with Crippen LogP contribution in [0.3, 0.4) is 0 Å². The summed E-state index contributed by atoms with van der Waals surface area (Å²) in [7, 11) is 0. The van der Waals surface area contributed by atoms with Crippen LogP contribution in [0.1, 0.15) is 27.6 Å². The van der Waals surface area contributed by atoms with Crippen molar-refractivity contribution in [3.05, 3.63) is 120 Å². The van der Waals surface area contributed by atoms with E-state index in [-0.39, 0.29) is 12.1 Å². The Morgan fingerprint density at radius 1 is 0.567 bits per heavy atom. The minimum absolute atomic E-state index is 0.284. The molecule has 0 amide bonds. The Labute approximate surface area is 174 Å². The summed E-state index contributed by atoms with van der Waals surface area (Å²) in [6.45, 7) is 0. The zero-order valence-electron chi connectivity index (χ0n) is 16.0. The second-order valence-electron chi connectivity index (χ2n) is 6.93. The Hall–Kier alpha value is -4.05. The van der Waals surface area contributed by atoms with E-state index < -0.39 is 0 Å². The molecule has 4 aromatic rings. The summed E-state index contributed by atoms with van der Waals surface area (Å²) in [6.07, 6.45) is -0.378. The van der Waals surface area contributed by atoms with Crippen LogP contribution in [-0.4, -0.2) is 5.97 Å². The third-order valence-corrected chi connectivity index (χ3v) is 4.91. The van der Waals surface area contributed by atoms with E-state index >= 15 is 0 Å². The number of hydrogen-bond acceptors (Lipinski definition) is 4. The third-order valence-electron chi connectivity index (χ3n) is 4.91. The van der Waals surface area contributed by atoms with E-state index in [2.05, 4.69) is 0 Å². The molecule has 1 unspecified atom stereocenters. The van der Waals surface area contributed by atoms with Crippen LogP contribution in [0.4, 0.5) is 0 Å². The van der Waals surface area contributed by atoms with Crippen LogP contribution in [0.15, 0.2) is 103 Å². The van der Waals surface area contributed by atoms with Crippen molar-refractivity contribution in [1.29, 1.82) is 0 Å². The van der Waals surface area contributed by atoms with Crippen molar-refractivity contribution in [2.75, 3.05) is 0 Å². The van der Waals surface area contributed by atoms with Gasteiger partial charge in [-0.15, -0.1) is 0 Å². The molecule has 0 fully saturated rings. The first-order chi connectivity index (χ1) is 14.8. The minimum Gasteiger partial charge on any atom is -0.457 e. The van der Waals surface area contributed by atoms with Crippen molar-refractivity contribution in [1.82, 2.24) is 0 Å². The number of cyclic esters (lactones) is 1. The average molecular weight is 394 g/mol. The molecule has 0 spiro atoms. The number of para-hydroxylation sites is 1. The highest BCUT2D eigenvalue weighted by atomic mass is 16.5. The predicted octanol–water partition coefficient (Wildman–Crippen LogP) is 6.53. The lowest BCUT2D eigenvalue weighted by Gasteiger charge is -2.12. The molecule has 0 bridgehead atoms. The molecule has 30 heavy (non-hydrogen) atoms. The van der Waals surface area contributed by atoms with Gasteiger partial charge in [0, 0.05) is 5.56 Å². The highest BCUT2D eigenvalue weighted by Crippen LogP contribution is 2.36. The van der Waals surface area contributed by atoms with Crippen molar-refractivity contribution in [3.63, 3.8) is 0 Å². The van der Waals surface area contributed by atoms with Gasteiger partial charge < -0.3 is 14.2 Å². The molecule has 0 radical (unpaired) electrons. The molecule has 1 atom stereocenters. The summed E-state index contributed by atoms with van der Waals surface area (Å²) in [6, 6.07) is 32.1. The molecule has 5 rings (SSSR count). The first-order valence-electron chi connectivity index (χ1n) is 9.67. The quantitative estimate of drug-likeness (QED) is 0.361. The van der Waals surface area contributed by atoms with Gasteiger partial charge in [0.15, 0.2) is 6.10 Å². The first kappa shape index (κ1) is 18.0. The lowest BCUT2D eigenvalue weighted by Crippen LogP contribution is -2.00. The number of carbonyl (C=O) groups excluding carboxylic acids is 1. The van der Waals surface area contributed by atoms with Gasteiger partial charge in [0.1, 0.15) is 23.0 Å². The van der Waals surface area contributed by atoms with Gasteiger partial charge in [0.05, 0.1) is 5.56 Å². The van der Waals surface area contributed by atoms with E-state index in [0.29, 0.717) is 17.1 Å². The summed E-state index contributed by atoms with van der Waals surface area (Å²) < 4.78 is 17.3. The highest BCUT2D eigenvalue weighted by molar-refractivity contribution is 5.94. The highest BCUT2D eigenvalue weighted by Gasteiger charge is 2.31. The summed E-state index contributed by atoms with van der Waals surface area (Å²) >= 11 is 0. The van der Waals surface area contributed by atoms with Crippen LogP contribution >= 0.6 is 0 Å². The third kappa shape index (κ3) is 3.63. The van der Waals surface area contributed by atoms with E-state index in [4.69, 9.17) is 14.2 Å². The molecule has 4 heteroatoms. The molecular weight excluding hydrogens is 376 g/mol. The van der Waals surface area contributed by atoms with Gasteiger partial charge in [-0.05, 0) is 60.2 Å². The monoisotopic (exact) mass is 394 g/mol. The van der Waals surface area contributed by atoms with Gasteiger partial charge in [-0.25, -0.2) is 4.79 Å². The first-order valence-corrected chi connectivity index (χ1v) is 9.67. The van der Waals surface area contributed by atoms with E-state index in [1.165, 1.54) is 0 Å². The molecule has 0 aliphatic carbocycles. The van der Waals surface area contributed by atoms with Crippen molar-refractivity contribution in [2.45, 2.75) is 6.10 Å². The number of fused-ring (bicyclic) bond motifs is 1. The van der Waals surface area contributed by atoms with Gasteiger partial charge in [-0.1, -0.05) is 48.5 Å². The molecule has 0 N–H and O–H groups in total. The van der Waals surface area contributed by atoms with Gasteiger partial charge in [-0.3, -0.25) is 0 Å². The van der Waals surface area contributed by atoms with Gasteiger partial charge in [-0.2, -0.15) is 0 Å². The van der Waals surface area contributed by atoms with Gasteiger partial charge >= 0.3 is 5.97 Å². The molecule has 1 aliphatic heterocycles. The summed E-state index contributed by atoms with van der Waals surface area (Å²) in [5, 5.41) is 0. The predicted molar refractivity (Wildman–Crippen MR) is 113 cm³/mol. The fraction of sp³-hybridized carbons (Fsp3) is 0.0385. The second kappa shape index (κ2) is 7.76. The van der Waals surface area contributed by atoms with Crippen LogP contribution in [-0.2, 0) is 4.74 Å². The maximum absolute atomic E-state index is 12.0. The smallest absolute Gasteiger partial charge is 0.339 e. The maximum Gasteiger partial charge on any atom is 0.339 e. The number of ether oxygens (including phenoxy) is 3. The van der Waals surface area contributed by atoms with Gasteiger partial charge in [0.2, 0.25) is 0 Å². The molecule has 4 nitrogen and oxygen atoms in total. The van der Waals surface area contributed by atoms with Crippen molar-refractivity contribution < 1.29 is 19.0 Å². The normalized spacial score (nSPS) is 14.7. The van der Waals surface area contributed by atoms with Crippen LogP contribution in [0.2, 0.25) is 0 Å². The SMILES string of the molecule is O=C1OC(c2ccc(Oc3ccc(Oc4ccccc4)cc3)cc2)c2ccccc21. The van der Waals surface area contributed by atoms with Crippen molar-refractivity contribution >= 4 is 5.97 Å². The second-order valence-corrected chi connectivity index (χ2v) is 6.93. The van der Waals surface area contributed by atoms with Gasteiger partial charge in [0.25, 0.3) is 0 Å². The van der Waals surface area contributed by atoms with E-state index in [0.717, 1.165) is 22.6 Å². The fourth-order valence-electron chi connectivity index (χ4n) is 3.44.